The highest BCUT2D eigenvalue weighted by atomic mass is 16.3. The van der Waals surface area contributed by atoms with Gasteiger partial charge in [-0.25, -0.2) is 0 Å². The normalized spacial score (nSPS) is 23.5. The van der Waals surface area contributed by atoms with Crippen LogP contribution in [0.5, 0.6) is 0 Å². The minimum absolute atomic E-state index is 0.00108. The fourth-order valence-corrected chi connectivity index (χ4v) is 1.48. The predicted molar refractivity (Wildman–Crippen MR) is 59.6 cm³/mol. The van der Waals surface area contributed by atoms with Gasteiger partial charge in [-0.3, -0.25) is 9.59 Å². The van der Waals surface area contributed by atoms with Gasteiger partial charge in [0, 0.05) is 13.0 Å². The van der Waals surface area contributed by atoms with Crippen molar-refractivity contribution in [3.05, 3.63) is 0 Å². The second-order valence-corrected chi connectivity index (χ2v) is 4.93. The molecule has 0 aromatic heterocycles. The van der Waals surface area contributed by atoms with Crippen molar-refractivity contribution in [2.75, 3.05) is 6.54 Å². The van der Waals surface area contributed by atoms with E-state index < -0.39 is 11.6 Å². The van der Waals surface area contributed by atoms with E-state index in [0.717, 1.165) is 0 Å². The van der Waals surface area contributed by atoms with Crippen molar-refractivity contribution in [2.24, 2.45) is 5.92 Å². The van der Waals surface area contributed by atoms with E-state index in [-0.39, 0.29) is 17.7 Å². The fourth-order valence-electron chi connectivity index (χ4n) is 1.48. The largest absolute Gasteiger partial charge is 0.391 e. The van der Waals surface area contributed by atoms with Crippen LogP contribution in [0.3, 0.4) is 0 Å². The molecule has 0 aliphatic carbocycles. The second kappa shape index (κ2) is 4.82. The molecular weight excluding hydrogens is 208 g/mol. The van der Waals surface area contributed by atoms with Gasteiger partial charge in [-0.15, -0.1) is 0 Å². The van der Waals surface area contributed by atoms with Gasteiger partial charge in [-0.05, 0) is 27.2 Å². The lowest BCUT2D eigenvalue weighted by molar-refractivity contribution is -0.131. The van der Waals surface area contributed by atoms with E-state index in [0.29, 0.717) is 19.4 Å². The summed E-state index contributed by atoms with van der Waals surface area (Å²) in [7, 11) is 0. The molecule has 0 aromatic carbocycles. The van der Waals surface area contributed by atoms with Gasteiger partial charge in [-0.1, -0.05) is 0 Å². The quantitative estimate of drug-likeness (QED) is 0.625. The Morgan fingerprint density at radius 2 is 2.25 bits per heavy atom. The van der Waals surface area contributed by atoms with Gasteiger partial charge in [0.25, 0.3) is 0 Å². The van der Waals surface area contributed by atoms with Crippen LogP contribution >= 0.6 is 0 Å². The average molecular weight is 228 g/mol. The van der Waals surface area contributed by atoms with Gasteiger partial charge in [0.15, 0.2) is 0 Å². The number of aliphatic hydroxyl groups is 1. The molecule has 2 atom stereocenters. The van der Waals surface area contributed by atoms with Crippen LogP contribution in [-0.2, 0) is 9.59 Å². The number of carbonyl (C=O) groups is 2. The van der Waals surface area contributed by atoms with Crippen molar-refractivity contribution in [2.45, 2.75) is 45.3 Å². The summed E-state index contributed by atoms with van der Waals surface area (Å²) in [5.74, 6) is -0.291. The highest BCUT2D eigenvalue weighted by Gasteiger charge is 2.31. The zero-order chi connectivity index (χ0) is 12.3. The molecular formula is C11H20N2O3. The zero-order valence-electron chi connectivity index (χ0n) is 10.0. The number of aliphatic hydroxyl groups excluding tert-OH is 1. The molecule has 3 N–H and O–H groups in total. The molecule has 1 rings (SSSR count). The number of piperidine rings is 1. The van der Waals surface area contributed by atoms with Gasteiger partial charge < -0.3 is 15.7 Å². The predicted octanol–water partition coefficient (Wildman–Crippen LogP) is -0.212. The molecule has 0 bridgehead atoms. The standard InChI is InChI=1S/C11H20N2O3/c1-7(14)11(2,3)13-10(16)8-4-5-9(15)12-6-8/h7-8,14H,4-6H2,1-3H3,(H,12,15)(H,13,16). The molecule has 0 aromatic rings. The summed E-state index contributed by atoms with van der Waals surface area (Å²) in [6.07, 6.45) is 0.357. The molecule has 16 heavy (non-hydrogen) atoms. The number of rotatable bonds is 3. The first-order valence-corrected chi connectivity index (χ1v) is 5.59. The van der Waals surface area contributed by atoms with E-state index in [1.165, 1.54) is 0 Å². The van der Waals surface area contributed by atoms with Crippen LogP contribution in [0.4, 0.5) is 0 Å². The molecule has 1 aliphatic rings. The fraction of sp³-hybridized carbons (Fsp3) is 0.818. The lowest BCUT2D eigenvalue weighted by Gasteiger charge is -2.32. The molecule has 0 radical (unpaired) electrons. The van der Waals surface area contributed by atoms with E-state index in [4.69, 9.17) is 0 Å². The first-order valence-electron chi connectivity index (χ1n) is 5.59. The van der Waals surface area contributed by atoms with E-state index in [1.807, 2.05) is 0 Å². The molecule has 2 unspecified atom stereocenters. The van der Waals surface area contributed by atoms with Crippen LogP contribution in [0.2, 0.25) is 0 Å². The van der Waals surface area contributed by atoms with Crippen LogP contribution in [0, 0.1) is 5.92 Å². The van der Waals surface area contributed by atoms with Crippen LogP contribution in [0.15, 0.2) is 0 Å². The Bertz CT molecular complexity index is 277. The average Bonchev–Trinajstić information content (AvgIpc) is 2.17. The molecule has 1 heterocycles. The monoisotopic (exact) mass is 228 g/mol. The van der Waals surface area contributed by atoms with Crippen LogP contribution < -0.4 is 10.6 Å². The number of hydrogen-bond donors (Lipinski definition) is 3. The maximum Gasteiger partial charge on any atom is 0.225 e. The SMILES string of the molecule is CC(O)C(C)(C)NC(=O)C1CCC(=O)NC1. The van der Waals surface area contributed by atoms with Crippen molar-refractivity contribution in [3.63, 3.8) is 0 Å². The Morgan fingerprint density at radius 1 is 1.62 bits per heavy atom. The molecule has 1 fully saturated rings. The van der Waals surface area contributed by atoms with Crippen LogP contribution in [-0.4, -0.2) is 35.1 Å². The number of hydrogen-bond acceptors (Lipinski definition) is 3. The van der Waals surface area contributed by atoms with Crippen LogP contribution in [0.25, 0.3) is 0 Å². The second-order valence-electron chi connectivity index (χ2n) is 4.93. The smallest absolute Gasteiger partial charge is 0.225 e. The van der Waals surface area contributed by atoms with E-state index in [9.17, 15) is 14.7 Å². The third-order valence-corrected chi connectivity index (χ3v) is 3.13. The van der Waals surface area contributed by atoms with Gasteiger partial charge in [-0.2, -0.15) is 0 Å². The number of amides is 2. The van der Waals surface area contributed by atoms with E-state index >= 15 is 0 Å². The molecule has 5 heteroatoms. The molecule has 0 spiro atoms. The summed E-state index contributed by atoms with van der Waals surface area (Å²) in [5, 5.41) is 15.0. The summed E-state index contributed by atoms with van der Waals surface area (Å²) in [6, 6.07) is 0. The molecule has 92 valence electrons. The number of nitrogens with one attached hydrogen (secondary N) is 2. The Balaban J connectivity index is 2.49. The van der Waals surface area contributed by atoms with Crippen molar-refractivity contribution in [1.82, 2.24) is 10.6 Å². The lowest BCUT2D eigenvalue weighted by atomic mass is 9.94. The van der Waals surface area contributed by atoms with Gasteiger partial charge in [0.05, 0.1) is 17.6 Å². The Hall–Kier alpha value is -1.10. The van der Waals surface area contributed by atoms with E-state index in [1.54, 1.807) is 20.8 Å². The maximum atomic E-state index is 11.9. The van der Waals surface area contributed by atoms with Crippen LogP contribution in [0.1, 0.15) is 33.6 Å². The lowest BCUT2D eigenvalue weighted by Crippen LogP contribution is -2.54. The Labute approximate surface area is 95.6 Å². The number of carbonyl (C=O) groups excluding carboxylic acids is 2. The minimum atomic E-state index is -0.640. The topological polar surface area (TPSA) is 78.4 Å². The highest BCUT2D eigenvalue weighted by Crippen LogP contribution is 2.14. The Morgan fingerprint density at radius 3 is 2.69 bits per heavy atom. The zero-order valence-corrected chi connectivity index (χ0v) is 10.0. The minimum Gasteiger partial charge on any atom is -0.391 e. The van der Waals surface area contributed by atoms with Gasteiger partial charge >= 0.3 is 0 Å². The van der Waals surface area contributed by atoms with Crippen molar-refractivity contribution in [3.8, 4) is 0 Å². The first-order chi connectivity index (χ1) is 7.33. The molecule has 0 saturated carbocycles. The van der Waals surface area contributed by atoms with Crippen molar-refractivity contribution in [1.29, 1.82) is 0 Å². The summed E-state index contributed by atoms with van der Waals surface area (Å²) in [6.45, 7) is 5.58. The van der Waals surface area contributed by atoms with Crippen molar-refractivity contribution < 1.29 is 14.7 Å². The third kappa shape index (κ3) is 3.20. The molecule has 1 saturated heterocycles. The van der Waals surface area contributed by atoms with Gasteiger partial charge in [0.2, 0.25) is 11.8 Å². The van der Waals surface area contributed by atoms with Gasteiger partial charge in [0.1, 0.15) is 0 Å². The third-order valence-electron chi connectivity index (χ3n) is 3.13. The summed E-state index contributed by atoms with van der Waals surface area (Å²) in [5.41, 5.74) is -0.640. The highest BCUT2D eigenvalue weighted by molar-refractivity contribution is 5.84. The summed E-state index contributed by atoms with van der Waals surface area (Å²) >= 11 is 0. The van der Waals surface area contributed by atoms with Crippen molar-refractivity contribution >= 4 is 11.8 Å². The summed E-state index contributed by atoms with van der Waals surface area (Å²) < 4.78 is 0. The molecule has 5 nitrogen and oxygen atoms in total. The van der Waals surface area contributed by atoms with E-state index in [2.05, 4.69) is 10.6 Å². The molecule has 2 amide bonds. The first kappa shape index (κ1) is 13.0. The summed E-state index contributed by atoms with van der Waals surface area (Å²) in [4.78, 5) is 22.8. The molecule has 1 aliphatic heterocycles. The Kier molecular flexibility index (Phi) is 3.91. The maximum absolute atomic E-state index is 11.9.